The standard InChI is InChI=1S/C50H86NO8P/c1-6-8-10-12-14-16-18-20-22-24-25-27-29-31-33-35-37-39-41-43-50(53)59-48(47-58-60(54,55)57-45-44-51(3,4)5)46-56-49(52)42-40-38-36-34-32-30-28-26-23-21-19-17-15-13-11-9-7-2/h9,11,14-17,20-23,28,30,34,36,48H,6-8,10,12-13,18-19,24-27,29,31-33,35,37-47H2,1-5H3/b11-9+,16-14+,17-15+,22-20+,23-21+,30-28+,36-34+/t48-/m1/s1. The van der Waals surface area contributed by atoms with Crippen molar-refractivity contribution in [1.82, 2.24) is 0 Å². The van der Waals surface area contributed by atoms with Gasteiger partial charge in [0.1, 0.15) is 19.8 Å². The smallest absolute Gasteiger partial charge is 0.306 e. The fourth-order valence-electron chi connectivity index (χ4n) is 5.78. The van der Waals surface area contributed by atoms with Crippen LogP contribution in [0.2, 0.25) is 0 Å². The number of nitrogens with zero attached hydrogens (tertiary/aromatic N) is 1. The van der Waals surface area contributed by atoms with Gasteiger partial charge in [-0.25, -0.2) is 0 Å². The van der Waals surface area contributed by atoms with Crippen LogP contribution in [-0.4, -0.2) is 70.0 Å². The number of hydrogen-bond acceptors (Lipinski definition) is 8. The minimum absolute atomic E-state index is 0.0449. The lowest BCUT2D eigenvalue weighted by Gasteiger charge is -2.28. The van der Waals surface area contributed by atoms with Crippen LogP contribution in [0.5, 0.6) is 0 Å². The summed E-state index contributed by atoms with van der Waals surface area (Å²) in [5.41, 5.74) is 0. The molecule has 0 heterocycles. The lowest BCUT2D eigenvalue weighted by atomic mass is 10.1. The van der Waals surface area contributed by atoms with E-state index in [9.17, 15) is 19.0 Å². The number of phosphoric ester groups is 1. The quantitative estimate of drug-likeness (QED) is 0.0196. The number of allylic oxidation sites excluding steroid dienone is 14. The van der Waals surface area contributed by atoms with E-state index in [1.807, 2.05) is 27.2 Å². The molecule has 0 amide bonds. The number of quaternary nitrogens is 1. The number of unbranched alkanes of at least 4 members (excludes halogenated alkanes) is 13. The van der Waals surface area contributed by atoms with E-state index in [1.165, 1.54) is 57.8 Å². The number of phosphoric acid groups is 1. The van der Waals surface area contributed by atoms with Crippen molar-refractivity contribution in [1.29, 1.82) is 0 Å². The predicted molar refractivity (Wildman–Crippen MR) is 249 cm³/mol. The molecular weight excluding hydrogens is 774 g/mol. The topological polar surface area (TPSA) is 111 Å². The first-order valence-electron chi connectivity index (χ1n) is 23.3. The van der Waals surface area contributed by atoms with Crippen LogP contribution < -0.4 is 4.89 Å². The van der Waals surface area contributed by atoms with Gasteiger partial charge in [0.15, 0.2) is 6.10 Å². The summed E-state index contributed by atoms with van der Waals surface area (Å²) in [5.74, 6) is -0.914. The summed E-state index contributed by atoms with van der Waals surface area (Å²) >= 11 is 0. The molecular formula is C50H86NO8P. The first-order chi connectivity index (χ1) is 29.0. The van der Waals surface area contributed by atoms with E-state index in [-0.39, 0.29) is 26.1 Å². The summed E-state index contributed by atoms with van der Waals surface area (Å²) in [5, 5.41) is 0. The van der Waals surface area contributed by atoms with Crippen LogP contribution in [0.15, 0.2) is 85.1 Å². The van der Waals surface area contributed by atoms with Gasteiger partial charge in [0.2, 0.25) is 0 Å². The zero-order valence-corrected chi connectivity index (χ0v) is 39.5. The van der Waals surface area contributed by atoms with Crippen molar-refractivity contribution < 1.29 is 42.1 Å². The van der Waals surface area contributed by atoms with Crippen molar-refractivity contribution in [3.63, 3.8) is 0 Å². The fourth-order valence-corrected chi connectivity index (χ4v) is 6.51. The summed E-state index contributed by atoms with van der Waals surface area (Å²) in [6.45, 7) is 4.01. The molecule has 0 aliphatic heterocycles. The van der Waals surface area contributed by atoms with Crippen molar-refractivity contribution in [2.24, 2.45) is 0 Å². The third-order valence-electron chi connectivity index (χ3n) is 9.40. The largest absolute Gasteiger partial charge is 0.756 e. The molecule has 0 N–H and O–H groups in total. The third-order valence-corrected chi connectivity index (χ3v) is 10.4. The Labute approximate surface area is 367 Å². The van der Waals surface area contributed by atoms with Crippen molar-refractivity contribution in [2.45, 2.75) is 174 Å². The maximum absolute atomic E-state index is 12.7. The van der Waals surface area contributed by atoms with Gasteiger partial charge in [-0.15, -0.1) is 0 Å². The molecule has 0 fully saturated rings. The SMILES string of the molecule is CC/C=C/C/C=C/C/C=C/C/C=C/C/C=C/CCCC(=O)OC[C@H](COP(=O)([O-])OCC[N+](C)(C)C)OC(=O)CCCCCCCCCCC/C=C/C/C=C/CCCCC. The molecule has 0 aliphatic rings. The molecule has 0 aromatic carbocycles. The Morgan fingerprint density at radius 3 is 1.47 bits per heavy atom. The first kappa shape index (κ1) is 57.2. The summed E-state index contributed by atoms with van der Waals surface area (Å²) < 4.78 is 33.9. The Balaban J connectivity index is 4.43. The van der Waals surface area contributed by atoms with Crippen LogP contribution in [0.1, 0.15) is 168 Å². The minimum Gasteiger partial charge on any atom is -0.756 e. The van der Waals surface area contributed by atoms with Gasteiger partial charge in [0.25, 0.3) is 7.82 Å². The second-order valence-electron chi connectivity index (χ2n) is 16.4. The van der Waals surface area contributed by atoms with Crippen LogP contribution in [0, 0.1) is 0 Å². The van der Waals surface area contributed by atoms with Gasteiger partial charge in [-0.3, -0.25) is 14.2 Å². The molecule has 0 saturated heterocycles. The molecule has 0 aliphatic carbocycles. The van der Waals surface area contributed by atoms with Gasteiger partial charge in [-0.05, 0) is 83.5 Å². The Morgan fingerprint density at radius 1 is 0.533 bits per heavy atom. The Kier molecular flexibility index (Phi) is 39.6. The first-order valence-corrected chi connectivity index (χ1v) is 24.8. The molecule has 0 bridgehead atoms. The number of rotatable bonds is 41. The molecule has 0 spiro atoms. The highest BCUT2D eigenvalue weighted by molar-refractivity contribution is 7.45. The summed E-state index contributed by atoms with van der Waals surface area (Å²) in [4.78, 5) is 37.6. The van der Waals surface area contributed by atoms with Crippen LogP contribution in [-0.2, 0) is 32.7 Å². The van der Waals surface area contributed by atoms with Gasteiger partial charge in [0, 0.05) is 12.8 Å². The van der Waals surface area contributed by atoms with E-state index in [4.69, 9.17) is 18.5 Å². The molecule has 2 atom stereocenters. The maximum atomic E-state index is 12.7. The zero-order valence-electron chi connectivity index (χ0n) is 38.6. The fraction of sp³-hybridized carbons (Fsp3) is 0.680. The number of carbonyl (C=O) groups is 2. The molecule has 1 unspecified atom stereocenters. The Morgan fingerprint density at radius 2 is 0.967 bits per heavy atom. The molecule has 0 rings (SSSR count). The molecule has 0 aromatic rings. The summed E-state index contributed by atoms with van der Waals surface area (Å²) in [6, 6.07) is 0. The van der Waals surface area contributed by atoms with E-state index in [0.717, 1.165) is 70.6 Å². The highest BCUT2D eigenvalue weighted by Crippen LogP contribution is 2.38. The second-order valence-corrected chi connectivity index (χ2v) is 17.8. The summed E-state index contributed by atoms with van der Waals surface area (Å²) in [6.07, 6.45) is 53.3. The normalized spacial score (nSPS) is 14.3. The van der Waals surface area contributed by atoms with Crippen molar-refractivity contribution in [2.75, 3.05) is 47.5 Å². The molecule has 0 saturated carbocycles. The number of likely N-dealkylation sites (N-methyl/N-ethyl adjacent to an activating group) is 1. The van der Waals surface area contributed by atoms with Crippen molar-refractivity contribution >= 4 is 19.8 Å². The minimum atomic E-state index is -4.65. The molecule has 10 heteroatoms. The van der Waals surface area contributed by atoms with E-state index in [1.54, 1.807) is 0 Å². The number of hydrogen-bond donors (Lipinski definition) is 0. The van der Waals surface area contributed by atoms with E-state index in [2.05, 4.69) is 92.8 Å². The highest BCUT2D eigenvalue weighted by Gasteiger charge is 2.21. The average molecular weight is 860 g/mol. The van der Waals surface area contributed by atoms with Crippen molar-refractivity contribution in [3.8, 4) is 0 Å². The van der Waals surface area contributed by atoms with Crippen molar-refractivity contribution in [3.05, 3.63) is 85.1 Å². The summed E-state index contributed by atoms with van der Waals surface area (Å²) in [7, 11) is 1.12. The van der Waals surface area contributed by atoms with Gasteiger partial charge < -0.3 is 27.9 Å². The maximum Gasteiger partial charge on any atom is 0.306 e. The van der Waals surface area contributed by atoms with Gasteiger partial charge in [-0.1, -0.05) is 157 Å². The predicted octanol–water partition coefficient (Wildman–Crippen LogP) is 12.9. The molecule has 344 valence electrons. The zero-order chi connectivity index (χ0) is 44.3. The van der Waals surface area contributed by atoms with Gasteiger partial charge >= 0.3 is 11.9 Å². The third kappa shape index (κ3) is 44.7. The molecule has 0 aromatic heterocycles. The van der Waals surface area contributed by atoms with Gasteiger partial charge in [-0.2, -0.15) is 0 Å². The highest BCUT2D eigenvalue weighted by atomic mass is 31.2. The molecule has 0 radical (unpaired) electrons. The average Bonchev–Trinajstić information content (AvgIpc) is 3.20. The Bertz CT molecular complexity index is 1290. The van der Waals surface area contributed by atoms with E-state index < -0.39 is 32.5 Å². The lowest BCUT2D eigenvalue weighted by molar-refractivity contribution is -0.870. The second kappa shape index (κ2) is 41.5. The Hall–Kier alpha value is -2.81. The molecule has 9 nitrogen and oxygen atoms in total. The number of esters is 2. The lowest BCUT2D eigenvalue weighted by Crippen LogP contribution is -2.37. The van der Waals surface area contributed by atoms with Crippen LogP contribution in [0.4, 0.5) is 0 Å². The van der Waals surface area contributed by atoms with Crippen LogP contribution in [0.3, 0.4) is 0 Å². The van der Waals surface area contributed by atoms with Crippen LogP contribution >= 0.6 is 7.82 Å². The molecule has 60 heavy (non-hydrogen) atoms. The number of carbonyl (C=O) groups excluding carboxylic acids is 2. The monoisotopic (exact) mass is 860 g/mol. The number of ether oxygens (including phenoxy) is 2. The van der Waals surface area contributed by atoms with E-state index in [0.29, 0.717) is 23.9 Å². The van der Waals surface area contributed by atoms with E-state index >= 15 is 0 Å². The van der Waals surface area contributed by atoms with Crippen LogP contribution in [0.25, 0.3) is 0 Å². The van der Waals surface area contributed by atoms with Gasteiger partial charge in [0.05, 0.1) is 27.7 Å².